The maximum atomic E-state index is 12.8. The zero-order valence-electron chi connectivity index (χ0n) is 13.9. The first-order valence-electron chi connectivity index (χ1n) is 8.30. The third kappa shape index (κ3) is 4.81. The summed E-state index contributed by atoms with van der Waals surface area (Å²) in [6.45, 7) is 1.19. The fourth-order valence-corrected chi connectivity index (χ4v) is 2.65. The predicted molar refractivity (Wildman–Crippen MR) is 85.0 cm³/mol. The molecular weight excluding hydrogens is 351 g/mol. The molecule has 1 atom stereocenters. The van der Waals surface area contributed by atoms with Gasteiger partial charge in [-0.2, -0.15) is 18.2 Å². The smallest absolute Gasteiger partial charge is 0.376 e. The summed E-state index contributed by atoms with van der Waals surface area (Å²) in [6.07, 6.45) is -2.08. The first-order chi connectivity index (χ1) is 12.4. The molecule has 1 aliphatic rings. The van der Waals surface area contributed by atoms with Crippen LogP contribution in [-0.2, 0) is 22.1 Å². The number of benzene rings is 1. The van der Waals surface area contributed by atoms with E-state index in [4.69, 9.17) is 9.26 Å². The minimum atomic E-state index is -4.44. The Morgan fingerprint density at radius 2 is 2.19 bits per heavy atom. The Balaban J connectivity index is 1.54. The number of nitrogens with zero attached hydrogens (tertiary/aromatic N) is 2. The van der Waals surface area contributed by atoms with Crippen LogP contribution < -0.4 is 5.32 Å². The fourth-order valence-electron chi connectivity index (χ4n) is 2.65. The molecule has 1 aromatic heterocycles. The molecule has 26 heavy (non-hydrogen) atoms. The van der Waals surface area contributed by atoms with Crippen molar-refractivity contribution >= 4 is 5.91 Å². The van der Waals surface area contributed by atoms with Crippen LogP contribution >= 0.6 is 0 Å². The Labute approximate surface area is 147 Å². The summed E-state index contributed by atoms with van der Waals surface area (Å²) in [6, 6.07) is 4.69. The fraction of sp³-hybridized carbons (Fsp3) is 0.471. The number of hydrogen-bond acceptors (Lipinski definition) is 5. The van der Waals surface area contributed by atoms with Crippen molar-refractivity contribution in [3.8, 4) is 11.4 Å². The lowest BCUT2D eigenvalue weighted by atomic mass is 10.1. The van der Waals surface area contributed by atoms with Gasteiger partial charge in [-0.3, -0.25) is 4.79 Å². The van der Waals surface area contributed by atoms with Crippen LogP contribution in [0.2, 0.25) is 0 Å². The highest BCUT2D eigenvalue weighted by molar-refractivity contribution is 5.76. The molecule has 0 unspecified atom stereocenters. The number of aromatic nitrogens is 2. The van der Waals surface area contributed by atoms with E-state index >= 15 is 0 Å². The number of aryl methyl sites for hydroxylation is 1. The Hall–Kier alpha value is -2.42. The first-order valence-corrected chi connectivity index (χ1v) is 8.30. The summed E-state index contributed by atoms with van der Waals surface area (Å²) in [5, 5.41) is 6.47. The molecule has 6 nitrogen and oxygen atoms in total. The molecule has 3 rings (SSSR count). The van der Waals surface area contributed by atoms with Crippen molar-refractivity contribution in [3.63, 3.8) is 0 Å². The summed E-state index contributed by atoms with van der Waals surface area (Å²) in [5.74, 6) is 0.0925. The SMILES string of the molecule is O=C(CCc1nc(-c2cccc(C(F)(F)F)c2)no1)NC[C@@H]1CCCO1. The van der Waals surface area contributed by atoms with E-state index in [1.54, 1.807) is 0 Å². The van der Waals surface area contributed by atoms with Crippen molar-refractivity contribution in [3.05, 3.63) is 35.7 Å². The van der Waals surface area contributed by atoms with E-state index in [2.05, 4.69) is 15.5 Å². The van der Waals surface area contributed by atoms with Crippen molar-refractivity contribution in [2.45, 2.75) is 38.0 Å². The average Bonchev–Trinajstić information content (AvgIpc) is 3.29. The lowest BCUT2D eigenvalue weighted by Crippen LogP contribution is -2.31. The standard InChI is InChI=1S/C17H18F3N3O3/c18-17(19,20)12-4-1-3-11(9-12)16-22-15(26-23-16)7-6-14(24)21-10-13-5-2-8-25-13/h1,3-4,9,13H,2,5-8,10H2,(H,21,24)/t13-/m0/s1. The van der Waals surface area contributed by atoms with Crippen molar-refractivity contribution in [2.75, 3.05) is 13.2 Å². The van der Waals surface area contributed by atoms with Crippen LogP contribution in [0.4, 0.5) is 13.2 Å². The van der Waals surface area contributed by atoms with E-state index in [0.29, 0.717) is 6.54 Å². The van der Waals surface area contributed by atoms with Crippen LogP contribution in [0.5, 0.6) is 0 Å². The van der Waals surface area contributed by atoms with Crippen LogP contribution in [0.1, 0.15) is 30.7 Å². The largest absolute Gasteiger partial charge is 0.416 e. The first kappa shape index (κ1) is 18.4. The third-order valence-corrected chi connectivity index (χ3v) is 4.03. The van der Waals surface area contributed by atoms with Crippen molar-refractivity contribution in [1.29, 1.82) is 0 Å². The second-order valence-electron chi connectivity index (χ2n) is 6.03. The van der Waals surface area contributed by atoms with Gasteiger partial charge in [-0.25, -0.2) is 0 Å². The summed E-state index contributed by atoms with van der Waals surface area (Å²) in [7, 11) is 0. The predicted octanol–water partition coefficient (Wildman–Crippen LogP) is 2.98. The maximum absolute atomic E-state index is 12.8. The van der Waals surface area contributed by atoms with Gasteiger partial charge >= 0.3 is 6.18 Å². The van der Waals surface area contributed by atoms with Gasteiger partial charge in [0.2, 0.25) is 17.6 Å². The molecule has 0 bridgehead atoms. The second-order valence-corrected chi connectivity index (χ2v) is 6.03. The van der Waals surface area contributed by atoms with Gasteiger partial charge in [0.1, 0.15) is 0 Å². The normalized spacial score (nSPS) is 17.4. The minimum absolute atomic E-state index is 0.0610. The van der Waals surface area contributed by atoms with E-state index < -0.39 is 11.7 Å². The molecule has 0 spiro atoms. The van der Waals surface area contributed by atoms with E-state index in [9.17, 15) is 18.0 Å². The zero-order valence-corrected chi connectivity index (χ0v) is 13.9. The van der Waals surface area contributed by atoms with Crippen LogP contribution in [0.3, 0.4) is 0 Å². The molecule has 2 aromatic rings. The quantitative estimate of drug-likeness (QED) is 0.847. The van der Waals surface area contributed by atoms with Crippen LogP contribution in [0.25, 0.3) is 11.4 Å². The number of carbonyl (C=O) groups is 1. The molecule has 1 amide bonds. The van der Waals surface area contributed by atoms with Gasteiger partial charge in [-0.05, 0) is 25.0 Å². The minimum Gasteiger partial charge on any atom is -0.376 e. The van der Waals surface area contributed by atoms with Gasteiger partial charge in [0.15, 0.2) is 0 Å². The Bertz CT molecular complexity index is 755. The number of rotatable bonds is 6. The molecule has 0 radical (unpaired) electrons. The molecule has 0 saturated carbocycles. The van der Waals surface area contributed by atoms with Gasteiger partial charge in [0.05, 0.1) is 11.7 Å². The molecule has 1 fully saturated rings. The molecule has 1 saturated heterocycles. The Kier molecular flexibility index (Phi) is 5.55. The van der Waals surface area contributed by atoms with E-state index in [1.165, 1.54) is 12.1 Å². The Morgan fingerprint density at radius 1 is 1.35 bits per heavy atom. The molecule has 1 aromatic carbocycles. The molecule has 1 N–H and O–H groups in total. The maximum Gasteiger partial charge on any atom is 0.416 e. The van der Waals surface area contributed by atoms with E-state index in [1.807, 2.05) is 0 Å². The van der Waals surface area contributed by atoms with Crippen molar-refractivity contribution in [2.24, 2.45) is 0 Å². The summed E-state index contributed by atoms with van der Waals surface area (Å²) in [4.78, 5) is 15.9. The third-order valence-electron chi connectivity index (χ3n) is 4.03. The second kappa shape index (κ2) is 7.86. The van der Waals surface area contributed by atoms with Gasteiger partial charge in [0.25, 0.3) is 0 Å². The summed E-state index contributed by atoms with van der Waals surface area (Å²) in [5.41, 5.74) is -0.576. The molecule has 2 heterocycles. The number of nitrogens with one attached hydrogen (secondary N) is 1. The van der Waals surface area contributed by atoms with Crippen molar-refractivity contribution < 1.29 is 27.2 Å². The van der Waals surface area contributed by atoms with Gasteiger partial charge in [-0.1, -0.05) is 17.3 Å². The monoisotopic (exact) mass is 369 g/mol. The van der Waals surface area contributed by atoms with Crippen LogP contribution in [0.15, 0.2) is 28.8 Å². The Morgan fingerprint density at radius 3 is 2.92 bits per heavy atom. The number of carbonyl (C=O) groups excluding carboxylic acids is 1. The van der Waals surface area contributed by atoms with E-state index in [0.717, 1.165) is 31.6 Å². The topological polar surface area (TPSA) is 77.2 Å². The molecule has 140 valence electrons. The highest BCUT2D eigenvalue weighted by Gasteiger charge is 2.30. The molecule has 9 heteroatoms. The van der Waals surface area contributed by atoms with Crippen molar-refractivity contribution in [1.82, 2.24) is 15.5 Å². The molecule has 1 aliphatic heterocycles. The lowest BCUT2D eigenvalue weighted by Gasteiger charge is -2.09. The number of ether oxygens (including phenoxy) is 1. The van der Waals surface area contributed by atoms with Crippen LogP contribution in [0, 0.1) is 0 Å². The van der Waals surface area contributed by atoms with Crippen LogP contribution in [-0.4, -0.2) is 35.3 Å². The highest BCUT2D eigenvalue weighted by atomic mass is 19.4. The lowest BCUT2D eigenvalue weighted by molar-refractivity contribution is -0.137. The number of hydrogen-bond donors (Lipinski definition) is 1. The summed E-state index contributed by atoms with van der Waals surface area (Å²) >= 11 is 0. The number of amides is 1. The van der Waals surface area contributed by atoms with Gasteiger partial charge in [-0.15, -0.1) is 0 Å². The number of alkyl halides is 3. The zero-order chi connectivity index (χ0) is 18.6. The highest BCUT2D eigenvalue weighted by Crippen LogP contribution is 2.31. The van der Waals surface area contributed by atoms with E-state index in [-0.39, 0.29) is 42.1 Å². The average molecular weight is 369 g/mol. The summed E-state index contributed by atoms with van der Waals surface area (Å²) < 4.78 is 48.7. The number of halogens is 3. The molecule has 0 aliphatic carbocycles. The van der Waals surface area contributed by atoms with Gasteiger partial charge in [0, 0.05) is 31.6 Å². The molecular formula is C17H18F3N3O3. The van der Waals surface area contributed by atoms with Gasteiger partial charge < -0.3 is 14.6 Å².